The van der Waals surface area contributed by atoms with Gasteiger partial charge in [-0.1, -0.05) is 18.2 Å². The normalized spacial score (nSPS) is 20.7. The van der Waals surface area contributed by atoms with Gasteiger partial charge in [0.1, 0.15) is 6.04 Å². The molecule has 0 unspecified atom stereocenters. The molecule has 8 heteroatoms. The molecule has 0 N–H and O–H groups in total. The summed E-state index contributed by atoms with van der Waals surface area (Å²) >= 11 is 0. The molecule has 1 aromatic carbocycles. The molecule has 2 fully saturated rings. The highest BCUT2D eigenvalue weighted by Gasteiger charge is 2.42. The monoisotopic (exact) mass is 415 g/mol. The number of hydrogen-bond acceptors (Lipinski definition) is 5. The molecule has 2 saturated heterocycles. The minimum absolute atomic E-state index is 0.119. The van der Waals surface area contributed by atoms with Crippen molar-refractivity contribution in [2.24, 2.45) is 0 Å². The van der Waals surface area contributed by atoms with E-state index in [0.29, 0.717) is 51.3 Å². The van der Waals surface area contributed by atoms with E-state index in [1.165, 1.54) is 4.31 Å². The van der Waals surface area contributed by atoms with Gasteiger partial charge in [0.15, 0.2) is 0 Å². The number of nitrogens with zero attached hydrogens (tertiary/aromatic N) is 3. The second-order valence-corrected chi connectivity index (χ2v) is 9.25. The summed E-state index contributed by atoms with van der Waals surface area (Å²) in [6.45, 7) is 4.24. The van der Waals surface area contributed by atoms with Crippen molar-refractivity contribution in [1.29, 1.82) is 0 Å². The Morgan fingerprint density at radius 1 is 1.14 bits per heavy atom. The van der Waals surface area contributed by atoms with Gasteiger partial charge in [0.2, 0.25) is 15.9 Å². The van der Waals surface area contributed by atoms with Gasteiger partial charge in [-0.25, -0.2) is 8.42 Å². The zero-order chi connectivity index (χ0) is 20.4. The molecule has 0 radical (unpaired) electrons. The van der Waals surface area contributed by atoms with Gasteiger partial charge in [-0.05, 0) is 43.5 Å². The van der Waals surface area contributed by atoms with E-state index >= 15 is 0 Å². The number of carbonyl (C=O) groups is 1. The van der Waals surface area contributed by atoms with Crippen molar-refractivity contribution < 1.29 is 17.9 Å². The summed E-state index contributed by atoms with van der Waals surface area (Å²) in [4.78, 5) is 19.2. The van der Waals surface area contributed by atoms with Crippen molar-refractivity contribution in [3.8, 4) is 11.1 Å². The first kappa shape index (κ1) is 20.0. The smallest absolute Gasteiger partial charge is 0.244 e. The number of aromatic nitrogens is 1. The summed E-state index contributed by atoms with van der Waals surface area (Å²) in [6, 6.07) is 10.00. The Bertz CT molecular complexity index is 1000. The molecule has 2 aliphatic heterocycles. The lowest BCUT2D eigenvalue weighted by Gasteiger charge is -2.32. The zero-order valence-electron chi connectivity index (χ0n) is 16.5. The molecular formula is C21H25N3O4S. The second kappa shape index (κ2) is 8.22. The van der Waals surface area contributed by atoms with E-state index in [9.17, 15) is 13.2 Å². The first-order valence-corrected chi connectivity index (χ1v) is 11.3. The van der Waals surface area contributed by atoms with Crippen LogP contribution in [0.4, 0.5) is 0 Å². The summed E-state index contributed by atoms with van der Waals surface area (Å²) in [6.07, 6.45) is 2.90. The molecule has 0 spiro atoms. The van der Waals surface area contributed by atoms with Crippen molar-refractivity contribution in [1.82, 2.24) is 14.2 Å². The minimum atomic E-state index is -3.83. The van der Waals surface area contributed by atoms with Crippen molar-refractivity contribution in [3.63, 3.8) is 0 Å². The molecule has 2 aliphatic rings. The van der Waals surface area contributed by atoms with Crippen LogP contribution in [0.15, 0.2) is 47.5 Å². The molecule has 4 rings (SSSR count). The van der Waals surface area contributed by atoms with Crippen molar-refractivity contribution in [3.05, 3.63) is 48.3 Å². The van der Waals surface area contributed by atoms with E-state index in [4.69, 9.17) is 4.74 Å². The van der Waals surface area contributed by atoms with Crippen LogP contribution in [0.25, 0.3) is 11.1 Å². The van der Waals surface area contributed by atoms with Crippen LogP contribution in [0.2, 0.25) is 0 Å². The number of benzene rings is 1. The molecule has 3 heterocycles. The number of pyridine rings is 1. The summed E-state index contributed by atoms with van der Waals surface area (Å²) in [7, 11) is -3.83. The van der Waals surface area contributed by atoms with Gasteiger partial charge in [-0.2, -0.15) is 4.31 Å². The van der Waals surface area contributed by atoms with E-state index in [0.717, 1.165) is 11.3 Å². The molecule has 1 aromatic heterocycles. The van der Waals surface area contributed by atoms with Gasteiger partial charge < -0.3 is 9.64 Å². The maximum absolute atomic E-state index is 13.6. The molecule has 0 saturated carbocycles. The lowest BCUT2D eigenvalue weighted by atomic mass is 10.1. The average Bonchev–Trinajstić information content (AvgIpc) is 3.25. The molecule has 1 atom stereocenters. The number of carbonyl (C=O) groups excluding carboxylic acids is 1. The number of morpholine rings is 1. The third kappa shape index (κ3) is 3.92. The lowest BCUT2D eigenvalue weighted by molar-refractivity contribution is -0.138. The number of sulfonamides is 1. The minimum Gasteiger partial charge on any atom is -0.378 e. The van der Waals surface area contributed by atoms with Crippen LogP contribution in [0.3, 0.4) is 0 Å². The molecule has 29 heavy (non-hydrogen) atoms. The van der Waals surface area contributed by atoms with E-state index in [1.54, 1.807) is 29.3 Å². The second-order valence-electron chi connectivity index (χ2n) is 7.39. The summed E-state index contributed by atoms with van der Waals surface area (Å²) in [5.41, 5.74) is 2.24. The maximum Gasteiger partial charge on any atom is 0.244 e. The predicted octanol–water partition coefficient (Wildman–Crippen LogP) is 2.07. The Labute approximate surface area is 171 Å². The molecule has 154 valence electrons. The SMILES string of the molecule is Cc1cc(-c2ccccc2S(=O)(=O)N2CCC[C@H]2C(=O)N2CCOCC2)ccn1. The number of hydrogen-bond donors (Lipinski definition) is 0. The quantitative estimate of drug-likeness (QED) is 0.764. The van der Waals surface area contributed by atoms with Gasteiger partial charge in [-0.15, -0.1) is 0 Å². The van der Waals surface area contributed by atoms with E-state index < -0.39 is 16.1 Å². The summed E-state index contributed by atoms with van der Waals surface area (Å²) in [5.74, 6) is -0.119. The van der Waals surface area contributed by atoms with Crippen LogP contribution >= 0.6 is 0 Å². The van der Waals surface area contributed by atoms with E-state index in [2.05, 4.69) is 4.98 Å². The van der Waals surface area contributed by atoms with Crippen molar-refractivity contribution in [2.75, 3.05) is 32.8 Å². The number of ether oxygens (including phenoxy) is 1. The fourth-order valence-corrected chi connectivity index (χ4v) is 5.91. The highest BCUT2D eigenvalue weighted by Crippen LogP contribution is 2.33. The topological polar surface area (TPSA) is 79.8 Å². The van der Waals surface area contributed by atoms with Crippen LogP contribution in [0.5, 0.6) is 0 Å². The van der Waals surface area contributed by atoms with Gasteiger partial charge in [0.25, 0.3) is 0 Å². The molecule has 1 amide bonds. The Kier molecular flexibility index (Phi) is 5.67. The third-order valence-corrected chi connectivity index (χ3v) is 7.46. The molecule has 7 nitrogen and oxygen atoms in total. The molecule has 0 aliphatic carbocycles. The van der Waals surface area contributed by atoms with E-state index in [1.807, 2.05) is 25.1 Å². The van der Waals surface area contributed by atoms with E-state index in [-0.39, 0.29) is 10.8 Å². The highest BCUT2D eigenvalue weighted by molar-refractivity contribution is 7.89. The van der Waals surface area contributed by atoms with Crippen LogP contribution in [-0.4, -0.2) is 67.4 Å². The fourth-order valence-electron chi connectivity index (χ4n) is 4.04. The van der Waals surface area contributed by atoms with Crippen LogP contribution in [-0.2, 0) is 19.6 Å². The first-order chi connectivity index (χ1) is 14.0. The highest BCUT2D eigenvalue weighted by atomic mass is 32.2. The summed E-state index contributed by atoms with van der Waals surface area (Å²) in [5, 5.41) is 0. The average molecular weight is 416 g/mol. The van der Waals surface area contributed by atoms with Crippen LogP contribution in [0.1, 0.15) is 18.5 Å². The van der Waals surface area contributed by atoms with Gasteiger partial charge >= 0.3 is 0 Å². The van der Waals surface area contributed by atoms with Gasteiger partial charge in [0.05, 0.1) is 18.1 Å². The fraction of sp³-hybridized carbons (Fsp3) is 0.429. The van der Waals surface area contributed by atoms with Crippen LogP contribution < -0.4 is 0 Å². The number of amides is 1. The van der Waals surface area contributed by atoms with Gasteiger partial charge in [-0.3, -0.25) is 9.78 Å². The van der Waals surface area contributed by atoms with Crippen LogP contribution in [0, 0.1) is 6.92 Å². The van der Waals surface area contributed by atoms with Crippen molar-refractivity contribution in [2.45, 2.75) is 30.7 Å². The Hall–Kier alpha value is -2.29. The first-order valence-electron chi connectivity index (χ1n) is 9.89. The standard InChI is InChI=1S/C21H25N3O4S/c1-16-15-17(8-9-22-16)18-5-2-3-7-20(18)29(26,27)24-10-4-6-19(24)21(25)23-11-13-28-14-12-23/h2-3,5,7-9,15,19H,4,6,10-14H2,1H3/t19-/m0/s1. The molecule has 0 bridgehead atoms. The van der Waals surface area contributed by atoms with Crippen molar-refractivity contribution >= 4 is 15.9 Å². The summed E-state index contributed by atoms with van der Waals surface area (Å²) < 4.78 is 34.0. The Morgan fingerprint density at radius 3 is 2.66 bits per heavy atom. The molecule has 2 aromatic rings. The predicted molar refractivity (Wildman–Crippen MR) is 109 cm³/mol. The Balaban J connectivity index is 1.69. The van der Waals surface area contributed by atoms with Gasteiger partial charge in [0, 0.05) is 37.1 Å². The third-order valence-electron chi connectivity index (χ3n) is 5.49. The number of aryl methyl sites for hydroxylation is 1. The number of rotatable bonds is 4. The Morgan fingerprint density at radius 2 is 1.90 bits per heavy atom. The lowest BCUT2D eigenvalue weighted by Crippen LogP contribution is -2.51. The largest absolute Gasteiger partial charge is 0.378 e. The maximum atomic E-state index is 13.6. The molecular weight excluding hydrogens is 390 g/mol. The zero-order valence-corrected chi connectivity index (χ0v) is 17.3.